The molecule has 1 heterocycles. The molecule has 0 aliphatic rings. The molecule has 0 amide bonds. The molecule has 0 aliphatic carbocycles. The van der Waals surface area contributed by atoms with E-state index in [9.17, 15) is 9.59 Å². The lowest BCUT2D eigenvalue weighted by atomic mass is 9.99. The Morgan fingerprint density at radius 2 is 1.84 bits per heavy atom. The molecule has 0 aliphatic heterocycles. The van der Waals surface area contributed by atoms with Crippen LogP contribution >= 0.6 is 0 Å². The van der Waals surface area contributed by atoms with Crippen molar-refractivity contribution in [2.24, 2.45) is 0 Å². The van der Waals surface area contributed by atoms with Gasteiger partial charge < -0.3 is 5.11 Å². The van der Waals surface area contributed by atoms with Gasteiger partial charge in [-0.25, -0.2) is 4.79 Å². The number of aromatic carboxylic acids is 1. The van der Waals surface area contributed by atoms with Crippen LogP contribution in [0.1, 0.15) is 32.0 Å². The predicted octanol–water partition coefficient (Wildman–Crippen LogP) is 2.51. The molecule has 0 spiro atoms. The molecule has 1 aromatic carbocycles. The van der Waals surface area contributed by atoms with Crippen LogP contribution in [0.2, 0.25) is 0 Å². The fourth-order valence-electron chi connectivity index (χ4n) is 1.91. The maximum absolute atomic E-state index is 12.2. The summed E-state index contributed by atoms with van der Waals surface area (Å²) in [5.41, 5.74) is 1.94. The van der Waals surface area contributed by atoms with E-state index in [0.717, 1.165) is 11.3 Å². The smallest absolute Gasteiger partial charge is 0.336 e. The molecular formula is C15H13NO3. The Labute approximate surface area is 110 Å². The average molecular weight is 255 g/mol. The Bertz CT molecular complexity index is 635. The van der Waals surface area contributed by atoms with Gasteiger partial charge in [0, 0.05) is 23.9 Å². The van der Waals surface area contributed by atoms with Crippen molar-refractivity contribution in [3.05, 3.63) is 65.0 Å². The highest BCUT2D eigenvalue weighted by Gasteiger charge is 2.15. The Kier molecular flexibility index (Phi) is 3.71. The first kappa shape index (κ1) is 13.0. The Morgan fingerprint density at radius 1 is 1.16 bits per heavy atom. The van der Waals surface area contributed by atoms with Gasteiger partial charge in [0.25, 0.3) is 0 Å². The molecule has 2 aromatic rings. The number of carboxylic acid groups (broad SMARTS) is 1. The van der Waals surface area contributed by atoms with Gasteiger partial charge in [0.1, 0.15) is 0 Å². The number of nitrogens with zero attached hydrogens (tertiary/aromatic N) is 1. The van der Waals surface area contributed by atoms with Crippen LogP contribution in [0.3, 0.4) is 0 Å². The number of carbonyl (C=O) groups is 2. The van der Waals surface area contributed by atoms with E-state index < -0.39 is 5.97 Å². The minimum Gasteiger partial charge on any atom is -0.478 e. The third-order valence-corrected chi connectivity index (χ3v) is 2.78. The molecule has 4 nitrogen and oxygen atoms in total. The first-order valence-corrected chi connectivity index (χ1v) is 5.85. The van der Waals surface area contributed by atoms with E-state index in [1.807, 2.05) is 13.0 Å². The normalized spacial score (nSPS) is 10.2. The average Bonchev–Trinajstić information content (AvgIpc) is 2.38. The van der Waals surface area contributed by atoms with Crippen LogP contribution in [-0.4, -0.2) is 21.8 Å². The lowest BCUT2D eigenvalue weighted by molar-refractivity contribution is 0.0692. The number of carboxylic acids is 1. The van der Waals surface area contributed by atoms with Crippen molar-refractivity contribution in [3.8, 4) is 0 Å². The van der Waals surface area contributed by atoms with Crippen molar-refractivity contribution in [1.29, 1.82) is 0 Å². The molecule has 0 bridgehead atoms. The number of pyridine rings is 1. The predicted molar refractivity (Wildman–Crippen MR) is 70.4 cm³/mol. The zero-order valence-electron chi connectivity index (χ0n) is 10.5. The molecule has 0 saturated heterocycles. The van der Waals surface area contributed by atoms with E-state index in [1.165, 1.54) is 6.07 Å². The topological polar surface area (TPSA) is 67.3 Å². The van der Waals surface area contributed by atoms with Crippen LogP contribution in [0.25, 0.3) is 0 Å². The summed E-state index contributed by atoms with van der Waals surface area (Å²) in [5.74, 6) is -1.29. The van der Waals surface area contributed by atoms with Gasteiger partial charge in [0.2, 0.25) is 0 Å². The minimum absolute atomic E-state index is 0.0401. The highest BCUT2D eigenvalue weighted by molar-refractivity contribution is 6.06. The van der Waals surface area contributed by atoms with Gasteiger partial charge in [-0.1, -0.05) is 18.2 Å². The summed E-state index contributed by atoms with van der Waals surface area (Å²) < 4.78 is 0. The third kappa shape index (κ3) is 3.04. The maximum atomic E-state index is 12.2. The lowest BCUT2D eigenvalue weighted by Gasteiger charge is -2.05. The zero-order valence-corrected chi connectivity index (χ0v) is 10.5. The van der Waals surface area contributed by atoms with Gasteiger partial charge in [-0.05, 0) is 30.7 Å². The Morgan fingerprint density at radius 3 is 2.47 bits per heavy atom. The third-order valence-electron chi connectivity index (χ3n) is 2.78. The van der Waals surface area contributed by atoms with Crippen LogP contribution in [0.5, 0.6) is 0 Å². The maximum Gasteiger partial charge on any atom is 0.336 e. The fourth-order valence-corrected chi connectivity index (χ4v) is 1.91. The molecular weight excluding hydrogens is 242 g/mol. The minimum atomic E-state index is -1.09. The van der Waals surface area contributed by atoms with Gasteiger partial charge in [-0.15, -0.1) is 0 Å². The van der Waals surface area contributed by atoms with Crippen molar-refractivity contribution in [2.45, 2.75) is 13.3 Å². The number of rotatable bonds is 4. The lowest BCUT2D eigenvalue weighted by Crippen LogP contribution is -2.10. The molecule has 1 aromatic heterocycles. The van der Waals surface area contributed by atoms with Crippen LogP contribution in [0.15, 0.2) is 42.6 Å². The second-order valence-corrected chi connectivity index (χ2v) is 4.26. The summed E-state index contributed by atoms with van der Waals surface area (Å²) in [5, 5.41) is 9.06. The summed E-state index contributed by atoms with van der Waals surface area (Å²) in [6.07, 6.45) is 1.81. The number of hydrogen-bond acceptors (Lipinski definition) is 3. The monoisotopic (exact) mass is 255 g/mol. The quantitative estimate of drug-likeness (QED) is 0.852. The highest BCUT2D eigenvalue weighted by atomic mass is 16.4. The van der Waals surface area contributed by atoms with Crippen molar-refractivity contribution >= 4 is 11.8 Å². The molecule has 96 valence electrons. The van der Waals surface area contributed by atoms with Crippen LogP contribution in [0, 0.1) is 6.92 Å². The van der Waals surface area contributed by atoms with Crippen molar-refractivity contribution in [1.82, 2.24) is 4.98 Å². The van der Waals surface area contributed by atoms with E-state index in [0.29, 0.717) is 0 Å². The largest absolute Gasteiger partial charge is 0.478 e. The summed E-state index contributed by atoms with van der Waals surface area (Å²) in [4.78, 5) is 27.3. The zero-order chi connectivity index (χ0) is 13.8. The first-order chi connectivity index (χ1) is 9.08. The second-order valence-electron chi connectivity index (χ2n) is 4.26. The molecule has 1 N–H and O–H groups in total. The van der Waals surface area contributed by atoms with Crippen LogP contribution in [0.4, 0.5) is 0 Å². The first-order valence-electron chi connectivity index (χ1n) is 5.85. The summed E-state index contributed by atoms with van der Waals surface area (Å²) in [6.45, 7) is 1.85. The molecule has 2 rings (SSSR count). The van der Waals surface area contributed by atoms with E-state index in [-0.39, 0.29) is 23.3 Å². The fraction of sp³-hybridized carbons (Fsp3) is 0.133. The number of benzene rings is 1. The number of hydrogen-bond donors (Lipinski definition) is 1. The molecule has 0 saturated carbocycles. The number of aromatic nitrogens is 1. The molecule has 0 fully saturated rings. The van der Waals surface area contributed by atoms with Gasteiger partial charge in [0.05, 0.1) is 5.56 Å². The van der Waals surface area contributed by atoms with Crippen LogP contribution < -0.4 is 0 Å². The SMILES string of the molecule is Cc1cc(CC(=O)c2ccccc2C(=O)O)ccn1. The van der Waals surface area contributed by atoms with E-state index in [1.54, 1.807) is 30.5 Å². The van der Waals surface area contributed by atoms with E-state index in [2.05, 4.69) is 4.98 Å². The summed E-state index contributed by atoms with van der Waals surface area (Å²) >= 11 is 0. The standard InChI is InChI=1S/C15H13NO3/c1-10-8-11(6-7-16-10)9-14(17)12-4-2-3-5-13(12)15(18)19/h2-8H,9H2,1H3,(H,18,19). The van der Waals surface area contributed by atoms with E-state index in [4.69, 9.17) is 5.11 Å². The van der Waals surface area contributed by atoms with Crippen molar-refractivity contribution in [2.75, 3.05) is 0 Å². The van der Waals surface area contributed by atoms with Gasteiger partial charge in [-0.2, -0.15) is 0 Å². The second kappa shape index (κ2) is 5.44. The molecule has 0 unspecified atom stereocenters. The number of ketones is 1. The molecule has 0 radical (unpaired) electrons. The van der Waals surface area contributed by atoms with Crippen molar-refractivity contribution < 1.29 is 14.7 Å². The van der Waals surface area contributed by atoms with Crippen LogP contribution in [-0.2, 0) is 6.42 Å². The molecule has 19 heavy (non-hydrogen) atoms. The highest BCUT2D eigenvalue weighted by Crippen LogP contribution is 2.13. The Hall–Kier alpha value is -2.49. The number of Topliss-reactive ketones (excluding diaryl/α,β-unsaturated/α-hetero) is 1. The van der Waals surface area contributed by atoms with Gasteiger partial charge in [0.15, 0.2) is 5.78 Å². The van der Waals surface area contributed by atoms with Gasteiger partial charge >= 0.3 is 5.97 Å². The summed E-state index contributed by atoms with van der Waals surface area (Å²) in [7, 11) is 0. The van der Waals surface area contributed by atoms with Gasteiger partial charge in [-0.3, -0.25) is 9.78 Å². The summed E-state index contributed by atoms with van der Waals surface area (Å²) in [6, 6.07) is 9.83. The number of carbonyl (C=O) groups excluding carboxylic acids is 1. The molecule has 0 atom stereocenters. The molecule has 4 heteroatoms. The Balaban J connectivity index is 2.28. The van der Waals surface area contributed by atoms with E-state index >= 15 is 0 Å². The number of aryl methyl sites for hydroxylation is 1. The van der Waals surface area contributed by atoms with Crippen molar-refractivity contribution in [3.63, 3.8) is 0 Å².